The minimum absolute atomic E-state index is 0.0324. The number of thioether (sulfide) groups is 2. The van der Waals surface area contributed by atoms with Crippen LogP contribution >= 0.6 is 35.1 Å². The Morgan fingerprint density at radius 3 is 2.42 bits per heavy atom. The fraction of sp³-hybridized carbons (Fsp3) is 0.647. The molecule has 4 N–H and O–H groups in total. The molecule has 74 heavy (non-hydrogen) atoms. The van der Waals surface area contributed by atoms with E-state index in [9.17, 15) is 53.7 Å². The van der Waals surface area contributed by atoms with Gasteiger partial charge < -0.3 is 48.8 Å². The maximum absolute atomic E-state index is 14.3. The number of imide groups is 1. The molecule has 0 spiro atoms. The number of hydrogen-bond donors (Lipinski definition) is 4. The summed E-state index contributed by atoms with van der Waals surface area (Å²) in [4.78, 5) is 109. The molecule has 20 nitrogen and oxygen atoms in total. The number of likely N-dealkylation sites (tertiary alicyclic amines) is 1. The van der Waals surface area contributed by atoms with Gasteiger partial charge in [0.1, 0.15) is 29.6 Å². The first-order valence-electron chi connectivity index (χ1n) is 24.8. The van der Waals surface area contributed by atoms with Crippen LogP contribution in [-0.4, -0.2) is 184 Å². The predicted octanol–water partition coefficient (Wildman–Crippen LogP) is 3.16. The number of ether oxygens (including phenoxy) is 5. The van der Waals surface area contributed by atoms with Crippen LogP contribution in [0.25, 0.3) is 0 Å². The lowest BCUT2D eigenvalue weighted by Crippen LogP contribution is -2.62. The van der Waals surface area contributed by atoms with Crippen LogP contribution in [0.4, 0.5) is 10.5 Å². The number of carbonyl (C=O) groups is 8. The van der Waals surface area contributed by atoms with Gasteiger partial charge in [0.05, 0.1) is 79.2 Å². The molecule has 6 rings (SSSR count). The molecule has 5 aliphatic rings. The molecule has 5 amide bonds. The number of amides is 5. The van der Waals surface area contributed by atoms with Crippen LogP contribution in [0.15, 0.2) is 35.9 Å². The summed E-state index contributed by atoms with van der Waals surface area (Å²) in [5, 5.41) is 34.1. The normalized spacial score (nSPS) is 31.1. The number of Topliss-reactive ketones (excluding diaryl/α,β-unsaturated/α-hetero) is 2. The van der Waals surface area contributed by atoms with Crippen molar-refractivity contribution in [2.24, 2.45) is 17.8 Å². The smallest absolute Gasteiger partial charge is 0.409 e. The highest BCUT2D eigenvalue weighted by molar-refractivity contribution is 8.00. The molecule has 1 saturated carbocycles. The second-order valence-electron chi connectivity index (χ2n) is 19.7. The lowest BCUT2D eigenvalue weighted by atomic mass is 9.81. The largest absolute Gasteiger partial charge is 0.457 e. The van der Waals surface area contributed by atoms with Crippen molar-refractivity contribution in [2.75, 3.05) is 70.6 Å². The third kappa shape index (κ3) is 13.8. The zero-order valence-corrected chi connectivity index (χ0v) is 45.3. The Balaban J connectivity index is 1.06. The zero-order chi connectivity index (χ0) is 54.2. The van der Waals surface area contributed by atoms with Gasteiger partial charge in [0.2, 0.25) is 23.6 Å². The van der Waals surface area contributed by atoms with Gasteiger partial charge in [0, 0.05) is 64.0 Å². The van der Waals surface area contributed by atoms with Gasteiger partial charge in [-0.15, -0.1) is 11.8 Å². The number of aliphatic hydroxyl groups excluding tert-OH is 2. The molecule has 0 aromatic heterocycles. The number of ketones is 2. The Morgan fingerprint density at radius 2 is 1.74 bits per heavy atom. The molecule has 3 saturated heterocycles. The van der Waals surface area contributed by atoms with Crippen molar-refractivity contribution >= 4 is 88.1 Å². The van der Waals surface area contributed by atoms with Gasteiger partial charge in [-0.3, -0.25) is 39.0 Å². The van der Waals surface area contributed by atoms with Crippen molar-refractivity contribution in [3.63, 3.8) is 0 Å². The molecule has 4 aliphatic heterocycles. The summed E-state index contributed by atoms with van der Waals surface area (Å²) < 4.78 is 29.2. The van der Waals surface area contributed by atoms with E-state index in [2.05, 4.69) is 5.32 Å². The number of alkyl carbamates (subject to hydrolysis) is 1. The zero-order valence-electron chi connectivity index (χ0n) is 42.9. The van der Waals surface area contributed by atoms with Crippen LogP contribution in [0.2, 0.25) is 5.02 Å². The van der Waals surface area contributed by atoms with Crippen LogP contribution in [0.5, 0.6) is 0 Å². The Hall–Kier alpha value is -4.39. The third-order valence-corrected chi connectivity index (χ3v) is 17.3. The number of aliphatic hydroxyl groups is 3. The van der Waals surface area contributed by atoms with Gasteiger partial charge in [-0.2, -0.15) is 11.8 Å². The van der Waals surface area contributed by atoms with Crippen LogP contribution in [0.3, 0.4) is 0 Å². The Bertz CT molecular complexity index is 2370. The highest BCUT2D eigenvalue weighted by Gasteiger charge is 2.64. The molecule has 23 heteroatoms. The third-order valence-electron chi connectivity index (χ3n) is 14.7. The fourth-order valence-electron chi connectivity index (χ4n) is 9.78. The molecule has 1 aliphatic carbocycles. The van der Waals surface area contributed by atoms with Crippen LogP contribution < -0.4 is 10.2 Å². The van der Waals surface area contributed by atoms with E-state index < -0.39 is 108 Å². The maximum Gasteiger partial charge on any atom is 0.409 e. The number of esters is 1. The van der Waals surface area contributed by atoms with Crippen molar-refractivity contribution in [3.8, 4) is 0 Å². The van der Waals surface area contributed by atoms with Gasteiger partial charge >= 0.3 is 12.1 Å². The monoisotopic (exact) mass is 1090 g/mol. The molecule has 408 valence electrons. The first-order valence-corrected chi connectivity index (χ1v) is 27.5. The summed E-state index contributed by atoms with van der Waals surface area (Å²) in [7, 11) is 2.93. The van der Waals surface area contributed by atoms with E-state index in [0.29, 0.717) is 29.7 Å². The highest BCUT2D eigenvalue weighted by Crippen LogP contribution is 2.49. The number of halogens is 1. The van der Waals surface area contributed by atoms with E-state index in [0.717, 1.165) is 22.2 Å². The molecule has 0 radical (unpaired) electrons. The molecule has 11 atom stereocenters. The van der Waals surface area contributed by atoms with Crippen molar-refractivity contribution in [1.82, 2.24) is 15.1 Å². The summed E-state index contributed by atoms with van der Waals surface area (Å²) in [5.74, 6) is -4.78. The molecule has 1 aromatic rings. The van der Waals surface area contributed by atoms with Crippen molar-refractivity contribution in [1.29, 1.82) is 0 Å². The second-order valence-corrected chi connectivity index (χ2v) is 22.4. The lowest BCUT2D eigenvalue weighted by molar-refractivity contribution is -0.162. The number of nitrogens with one attached hydrogen (secondary N) is 1. The molecule has 4 bridgehead atoms. The lowest BCUT2D eigenvalue weighted by Gasteiger charge is -2.42. The van der Waals surface area contributed by atoms with Gasteiger partial charge in [-0.05, 0) is 57.1 Å². The summed E-state index contributed by atoms with van der Waals surface area (Å²) in [5.41, 5.74) is -1.05. The first-order chi connectivity index (χ1) is 35.1. The summed E-state index contributed by atoms with van der Waals surface area (Å²) >= 11 is 9.30. The van der Waals surface area contributed by atoms with Crippen LogP contribution in [0, 0.1) is 17.8 Å². The Kier molecular flexibility index (Phi) is 20.4. The summed E-state index contributed by atoms with van der Waals surface area (Å²) in [6.45, 7) is 6.49. The minimum Gasteiger partial charge on any atom is -0.457 e. The van der Waals surface area contributed by atoms with Crippen LogP contribution in [-0.2, 0) is 70.3 Å². The molecular formula is C51H69ClN4O16S2. The number of epoxide rings is 1. The quantitative estimate of drug-likeness (QED) is 0.0510. The first kappa shape index (κ1) is 58.9. The number of likely N-dealkylation sites (N-methyl/N-ethyl adjacent to an activating group) is 1. The summed E-state index contributed by atoms with van der Waals surface area (Å²) in [6.07, 6.45) is 3.15. The molecule has 4 heterocycles. The van der Waals surface area contributed by atoms with Gasteiger partial charge in [-0.25, -0.2) is 9.59 Å². The number of hydrogen-bond acceptors (Lipinski definition) is 18. The molecule has 1 aromatic carbocycles. The van der Waals surface area contributed by atoms with Crippen molar-refractivity contribution in [2.45, 2.75) is 125 Å². The van der Waals surface area contributed by atoms with E-state index in [4.69, 9.17) is 35.3 Å². The number of rotatable bonds is 19. The average molecular weight is 1090 g/mol. The SMILES string of the molecule is CSC1CC(=O)C(CCOCCOCCN2C(=O)CC(SCCC(=O)N(C)[C@@H](C)C(=O)O[C@H]3CC(=O)N(C)c4cc(cc(CO)c4Cl)C/C(C)=C/C=C/[C@@H](CO)[C@@]4(O)C[C@H](OC(=O)N4)[C@@H](C)[C@@H]4O[C@@]34C)C2=O)C1=O. The standard InChI is InChI=1S/C51H69ClN4O16S2/c1-28-9-8-10-33(27-58)51(67)25-37(70-49(66)53-51)29(2)46-50(4,72-46)40(24-42(61)55(6)35-21-31(19-28)20-32(26-57)44(35)52)71-48(65)30(3)54(5)41(60)12-18-74-39-23-43(62)56(47(39)64)13-15-69-17-16-68-14-11-34-36(59)22-38(73-7)45(34)63/h8-10,20-21,29-30,33-34,37-40,46,57-58,67H,11-19,22-27H2,1-7H3,(H,53,66)/b10-8+,28-9+/t29-,30+,33+,34?,37+,38?,39?,40+,46+,50+,51+/m1/s1. The van der Waals surface area contributed by atoms with Gasteiger partial charge in [0.25, 0.3) is 0 Å². The number of anilines is 1. The number of fused-ring (bicyclic) bond motifs is 5. The van der Waals surface area contributed by atoms with Crippen LogP contribution in [0.1, 0.15) is 77.3 Å². The van der Waals surface area contributed by atoms with E-state index in [1.165, 1.54) is 42.6 Å². The maximum atomic E-state index is 14.3. The minimum atomic E-state index is -1.92. The van der Waals surface area contributed by atoms with E-state index >= 15 is 0 Å². The molecular weight excluding hydrogens is 1020 g/mol. The Labute approximate surface area is 444 Å². The van der Waals surface area contributed by atoms with Crippen molar-refractivity contribution in [3.05, 3.63) is 52.1 Å². The predicted molar refractivity (Wildman–Crippen MR) is 274 cm³/mol. The molecule has 3 unspecified atom stereocenters. The van der Waals surface area contributed by atoms with Gasteiger partial charge in [0.15, 0.2) is 11.5 Å². The average Bonchev–Trinajstić information content (AvgIpc) is 3.88. The number of carbonyl (C=O) groups excluding carboxylic acids is 8. The van der Waals surface area contributed by atoms with E-state index in [1.807, 2.05) is 13.2 Å². The van der Waals surface area contributed by atoms with E-state index in [-0.39, 0.29) is 92.2 Å². The topological polar surface area (TPSA) is 268 Å². The number of allylic oxidation sites excluding steroid dienone is 3. The molecule has 4 fully saturated rings. The number of benzene rings is 1. The number of nitrogens with zero attached hydrogens (tertiary/aromatic N) is 3. The second kappa shape index (κ2) is 25.6. The van der Waals surface area contributed by atoms with Gasteiger partial charge in [-0.1, -0.05) is 48.4 Å². The summed E-state index contributed by atoms with van der Waals surface area (Å²) in [6, 6.07) is 2.27. The van der Waals surface area contributed by atoms with E-state index in [1.54, 1.807) is 44.2 Å². The highest BCUT2D eigenvalue weighted by atomic mass is 35.5. The Morgan fingerprint density at radius 1 is 1.03 bits per heavy atom. The van der Waals surface area contributed by atoms with Crippen molar-refractivity contribution < 1.29 is 77.4 Å². The fourth-order valence-corrected chi connectivity index (χ4v) is 11.9.